The molecule has 3 aromatic rings. The number of pyridine rings is 1. The summed E-state index contributed by atoms with van der Waals surface area (Å²) in [5, 5.41) is 4.62. The summed E-state index contributed by atoms with van der Waals surface area (Å²) in [6, 6.07) is 6.81. The SMILES string of the molecule is Cc1cc(F)cc(-c2cnc3ccc(C4CC4)nn23)n1. The molecule has 5 heteroatoms. The lowest BCUT2D eigenvalue weighted by Gasteiger charge is -2.04. The Hall–Kier alpha value is -2.30. The smallest absolute Gasteiger partial charge is 0.154 e. The van der Waals surface area contributed by atoms with Crippen molar-refractivity contribution in [3.8, 4) is 11.4 Å². The van der Waals surface area contributed by atoms with Crippen molar-refractivity contribution >= 4 is 5.65 Å². The minimum Gasteiger partial charge on any atom is -0.251 e. The fourth-order valence-corrected chi connectivity index (χ4v) is 2.42. The van der Waals surface area contributed by atoms with Crippen molar-refractivity contribution in [2.24, 2.45) is 0 Å². The van der Waals surface area contributed by atoms with E-state index in [1.54, 1.807) is 17.6 Å². The second-order valence-corrected chi connectivity index (χ2v) is 5.26. The van der Waals surface area contributed by atoms with Gasteiger partial charge in [0, 0.05) is 17.7 Å². The number of imidazole rings is 1. The normalized spacial score (nSPS) is 14.9. The minimum atomic E-state index is -0.291. The van der Waals surface area contributed by atoms with Gasteiger partial charge in [0.1, 0.15) is 11.5 Å². The lowest BCUT2D eigenvalue weighted by atomic mass is 10.2. The highest BCUT2D eigenvalue weighted by atomic mass is 19.1. The standard InChI is InChI=1S/C15H13FN4/c1-9-6-11(16)7-13(18-9)14-8-17-15-5-4-12(10-2-3-10)19-20(14)15/h4-8,10H,2-3H2,1H3. The summed E-state index contributed by atoms with van der Waals surface area (Å²) in [4.78, 5) is 8.69. The Morgan fingerprint density at radius 2 is 2.10 bits per heavy atom. The van der Waals surface area contributed by atoms with Crippen molar-refractivity contribution in [2.75, 3.05) is 0 Å². The molecule has 0 bridgehead atoms. The van der Waals surface area contributed by atoms with E-state index in [2.05, 4.69) is 15.1 Å². The molecule has 0 amide bonds. The summed E-state index contributed by atoms with van der Waals surface area (Å²) in [6.45, 7) is 1.78. The Morgan fingerprint density at radius 3 is 2.85 bits per heavy atom. The first-order valence-electron chi connectivity index (χ1n) is 6.70. The van der Waals surface area contributed by atoms with Crippen molar-refractivity contribution in [3.63, 3.8) is 0 Å². The molecule has 0 spiro atoms. The number of hydrogen-bond acceptors (Lipinski definition) is 3. The van der Waals surface area contributed by atoms with Crippen molar-refractivity contribution in [1.29, 1.82) is 0 Å². The summed E-state index contributed by atoms with van der Waals surface area (Å²) >= 11 is 0. The van der Waals surface area contributed by atoms with Crippen LogP contribution in [-0.2, 0) is 0 Å². The molecule has 1 saturated carbocycles. The summed E-state index contributed by atoms with van der Waals surface area (Å²) in [7, 11) is 0. The van der Waals surface area contributed by atoms with Gasteiger partial charge in [-0.1, -0.05) is 0 Å². The van der Waals surface area contributed by atoms with Gasteiger partial charge in [0.2, 0.25) is 0 Å². The van der Waals surface area contributed by atoms with E-state index >= 15 is 0 Å². The van der Waals surface area contributed by atoms with Crippen LogP contribution in [0, 0.1) is 12.7 Å². The van der Waals surface area contributed by atoms with Crippen LogP contribution in [-0.4, -0.2) is 19.6 Å². The van der Waals surface area contributed by atoms with E-state index in [1.165, 1.54) is 25.0 Å². The number of hydrogen-bond donors (Lipinski definition) is 0. The zero-order chi connectivity index (χ0) is 13.7. The number of nitrogens with zero attached hydrogens (tertiary/aromatic N) is 4. The van der Waals surface area contributed by atoms with Crippen molar-refractivity contribution in [2.45, 2.75) is 25.7 Å². The Morgan fingerprint density at radius 1 is 1.25 bits per heavy atom. The van der Waals surface area contributed by atoms with Gasteiger partial charge in [-0.05, 0) is 38.0 Å². The van der Waals surface area contributed by atoms with E-state index in [0.717, 1.165) is 17.0 Å². The molecule has 1 aliphatic carbocycles. The number of fused-ring (bicyclic) bond motifs is 1. The first-order valence-corrected chi connectivity index (χ1v) is 6.70. The first-order chi connectivity index (χ1) is 9.70. The summed E-state index contributed by atoms with van der Waals surface area (Å²) in [5.74, 6) is 0.276. The first kappa shape index (κ1) is 11.5. The lowest BCUT2D eigenvalue weighted by molar-refractivity contribution is 0.624. The average Bonchev–Trinajstić information content (AvgIpc) is 3.17. The number of aromatic nitrogens is 4. The Labute approximate surface area is 115 Å². The van der Waals surface area contributed by atoms with Crippen LogP contribution in [0.15, 0.2) is 30.5 Å². The maximum atomic E-state index is 13.5. The minimum absolute atomic E-state index is 0.291. The van der Waals surface area contributed by atoms with Gasteiger partial charge in [0.05, 0.1) is 17.6 Å². The van der Waals surface area contributed by atoms with Crippen LogP contribution in [0.4, 0.5) is 4.39 Å². The monoisotopic (exact) mass is 268 g/mol. The molecule has 0 aliphatic heterocycles. The molecule has 0 unspecified atom stereocenters. The van der Waals surface area contributed by atoms with E-state index in [-0.39, 0.29) is 5.82 Å². The zero-order valence-corrected chi connectivity index (χ0v) is 11.0. The molecule has 3 heterocycles. The van der Waals surface area contributed by atoms with Crippen LogP contribution < -0.4 is 0 Å². The van der Waals surface area contributed by atoms with Gasteiger partial charge < -0.3 is 0 Å². The summed E-state index contributed by atoms with van der Waals surface area (Å²) < 4.78 is 15.3. The highest BCUT2D eigenvalue weighted by Crippen LogP contribution is 2.38. The van der Waals surface area contributed by atoms with E-state index in [1.807, 2.05) is 12.1 Å². The van der Waals surface area contributed by atoms with Gasteiger partial charge in [-0.15, -0.1) is 0 Å². The van der Waals surface area contributed by atoms with Gasteiger partial charge in [0.15, 0.2) is 5.65 Å². The third-order valence-corrected chi connectivity index (χ3v) is 3.56. The largest absolute Gasteiger partial charge is 0.251 e. The Kier molecular flexibility index (Phi) is 2.36. The molecule has 0 saturated heterocycles. The predicted molar refractivity (Wildman–Crippen MR) is 72.9 cm³/mol. The maximum absolute atomic E-state index is 13.5. The Bertz CT molecular complexity index is 784. The third kappa shape index (κ3) is 1.86. The number of halogens is 1. The molecule has 0 atom stereocenters. The molecular weight excluding hydrogens is 255 g/mol. The van der Waals surface area contributed by atoms with Gasteiger partial charge in [-0.25, -0.2) is 13.9 Å². The molecule has 1 fully saturated rings. The van der Waals surface area contributed by atoms with Gasteiger partial charge in [-0.3, -0.25) is 4.98 Å². The van der Waals surface area contributed by atoms with Crippen LogP contribution in [0.3, 0.4) is 0 Å². The van der Waals surface area contributed by atoms with Crippen LogP contribution >= 0.6 is 0 Å². The fraction of sp³-hybridized carbons (Fsp3) is 0.267. The Balaban J connectivity index is 1.91. The van der Waals surface area contributed by atoms with Crippen molar-refractivity contribution in [3.05, 3.63) is 47.7 Å². The summed E-state index contributed by atoms with van der Waals surface area (Å²) in [5.41, 5.74) is 3.77. The molecule has 1 aliphatic rings. The molecule has 0 N–H and O–H groups in total. The average molecular weight is 268 g/mol. The van der Waals surface area contributed by atoms with E-state index < -0.39 is 0 Å². The van der Waals surface area contributed by atoms with Crippen LogP contribution in [0.5, 0.6) is 0 Å². The van der Waals surface area contributed by atoms with Gasteiger partial charge >= 0.3 is 0 Å². The maximum Gasteiger partial charge on any atom is 0.154 e. The molecule has 100 valence electrons. The zero-order valence-electron chi connectivity index (χ0n) is 11.0. The van der Waals surface area contributed by atoms with Crippen LogP contribution in [0.2, 0.25) is 0 Å². The molecule has 0 radical (unpaired) electrons. The van der Waals surface area contributed by atoms with Crippen LogP contribution in [0.1, 0.15) is 30.1 Å². The number of aryl methyl sites for hydroxylation is 1. The predicted octanol–water partition coefficient (Wildman–Crippen LogP) is 3.12. The molecule has 3 aromatic heterocycles. The molecule has 4 nitrogen and oxygen atoms in total. The topological polar surface area (TPSA) is 43.1 Å². The molecule has 4 rings (SSSR count). The molecule has 20 heavy (non-hydrogen) atoms. The third-order valence-electron chi connectivity index (χ3n) is 3.56. The summed E-state index contributed by atoms with van der Waals surface area (Å²) in [6.07, 6.45) is 4.08. The highest BCUT2D eigenvalue weighted by Gasteiger charge is 2.25. The van der Waals surface area contributed by atoms with E-state index in [4.69, 9.17) is 0 Å². The van der Waals surface area contributed by atoms with Gasteiger partial charge in [-0.2, -0.15) is 5.10 Å². The van der Waals surface area contributed by atoms with Crippen molar-refractivity contribution < 1.29 is 4.39 Å². The molecule has 0 aromatic carbocycles. The number of rotatable bonds is 2. The lowest BCUT2D eigenvalue weighted by Crippen LogP contribution is -2.00. The van der Waals surface area contributed by atoms with E-state index in [9.17, 15) is 4.39 Å². The van der Waals surface area contributed by atoms with Crippen molar-refractivity contribution in [1.82, 2.24) is 19.6 Å². The quantitative estimate of drug-likeness (QED) is 0.717. The fourth-order valence-electron chi connectivity index (χ4n) is 2.42. The highest BCUT2D eigenvalue weighted by molar-refractivity contribution is 5.59. The second-order valence-electron chi connectivity index (χ2n) is 5.26. The van der Waals surface area contributed by atoms with Gasteiger partial charge in [0.25, 0.3) is 0 Å². The molecular formula is C15H13FN4. The van der Waals surface area contributed by atoms with Crippen LogP contribution in [0.25, 0.3) is 17.0 Å². The van der Waals surface area contributed by atoms with E-state index in [0.29, 0.717) is 17.3 Å². The second kappa shape index (κ2) is 4.10.